The second-order valence-corrected chi connectivity index (χ2v) is 7.95. The Morgan fingerprint density at radius 3 is 2.41 bits per heavy atom. The molecule has 2 N–H and O–H groups in total. The van der Waals surface area contributed by atoms with E-state index in [1.807, 2.05) is 44.4 Å². The maximum absolute atomic E-state index is 13.0. The molecule has 0 bridgehead atoms. The van der Waals surface area contributed by atoms with E-state index < -0.39 is 0 Å². The van der Waals surface area contributed by atoms with E-state index in [1.54, 1.807) is 6.07 Å². The summed E-state index contributed by atoms with van der Waals surface area (Å²) in [5.41, 5.74) is 4.34. The molecule has 3 aromatic carbocycles. The summed E-state index contributed by atoms with van der Waals surface area (Å²) in [5.74, 6) is -0.210. The van der Waals surface area contributed by atoms with Crippen LogP contribution in [0.1, 0.15) is 23.5 Å². The molecule has 0 saturated carbocycles. The molecule has 0 spiro atoms. The lowest BCUT2D eigenvalue weighted by Crippen LogP contribution is -2.33. The lowest BCUT2D eigenvalue weighted by atomic mass is 9.93. The van der Waals surface area contributed by atoms with Crippen LogP contribution < -0.4 is 10.6 Å². The summed E-state index contributed by atoms with van der Waals surface area (Å²) in [6.45, 7) is 1.36. The SMILES string of the molecule is CN(C)CCC(CNC(=O)Nc1ccc(F)cc1)c1ccc(-c2cccc(C#N)c2)cc1. The molecule has 3 rings (SSSR count). The fourth-order valence-corrected chi connectivity index (χ4v) is 3.44. The Balaban J connectivity index is 1.68. The molecule has 1 unspecified atom stereocenters. The summed E-state index contributed by atoms with van der Waals surface area (Å²) in [6.07, 6.45) is 0.882. The smallest absolute Gasteiger partial charge is 0.319 e. The number of nitrogens with zero attached hydrogens (tertiary/aromatic N) is 2. The van der Waals surface area contributed by atoms with Gasteiger partial charge in [0.1, 0.15) is 5.82 Å². The zero-order chi connectivity index (χ0) is 22.9. The normalized spacial score (nSPS) is 11.6. The number of carbonyl (C=O) groups is 1. The van der Waals surface area contributed by atoms with Crippen molar-refractivity contribution in [2.45, 2.75) is 12.3 Å². The van der Waals surface area contributed by atoms with E-state index in [1.165, 1.54) is 24.3 Å². The number of anilines is 1. The van der Waals surface area contributed by atoms with Crippen LogP contribution in [-0.4, -0.2) is 38.1 Å². The molecule has 0 aromatic heterocycles. The average Bonchev–Trinajstić information content (AvgIpc) is 2.80. The van der Waals surface area contributed by atoms with Crippen LogP contribution in [0.4, 0.5) is 14.9 Å². The summed E-state index contributed by atoms with van der Waals surface area (Å²) in [4.78, 5) is 14.4. The second-order valence-electron chi connectivity index (χ2n) is 7.95. The van der Waals surface area contributed by atoms with Gasteiger partial charge in [0.2, 0.25) is 0 Å². The monoisotopic (exact) mass is 430 g/mol. The molecule has 3 aromatic rings. The number of benzene rings is 3. The molecule has 6 heteroatoms. The van der Waals surface area contributed by atoms with Crippen molar-refractivity contribution in [3.05, 3.63) is 89.7 Å². The summed E-state index contributed by atoms with van der Waals surface area (Å²) in [6, 6.07) is 23.3. The minimum atomic E-state index is -0.345. The maximum atomic E-state index is 13.0. The number of hydrogen-bond donors (Lipinski definition) is 2. The van der Waals surface area contributed by atoms with Crippen LogP contribution in [-0.2, 0) is 0 Å². The number of amides is 2. The van der Waals surface area contributed by atoms with Crippen LogP contribution >= 0.6 is 0 Å². The highest BCUT2D eigenvalue weighted by atomic mass is 19.1. The number of hydrogen-bond acceptors (Lipinski definition) is 3. The van der Waals surface area contributed by atoms with Gasteiger partial charge in [0.15, 0.2) is 0 Å². The first-order valence-corrected chi connectivity index (χ1v) is 10.5. The number of carbonyl (C=O) groups excluding carboxylic acids is 1. The number of halogens is 1. The molecule has 0 radical (unpaired) electrons. The third-order valence-corrected chi connectivity index (χ3v) is 5.24. The highest BCUT2D eigenvalue weighted by molar-refractivity contribution is 5.89. The number of urea groups is 1. The molecule has 5 nitrogen and oxygen atoms in total. The van der Waals surface area contributed by atoms with Gasteiger partial charge in [-0.15, -0.1) is 0 Å². The lowest BCUT2D eigenvalue weighted by molar-refractivity contribution is 0.251. The van der Waals surface area contributed by atoms with E-state index in [4.69, 9.17) is 5.26 Å². The number of nitrogens with one attached hydrogen (secondary N) is 2. The van der Waals surface area contributed by atoms with Crippen LogP contribution in [0, 0.1) is 17.1 Å². The van der Waals surface area contributed by atoms with Crippen LogP contribution in [0.25, 0.3) is 11.1 Å². The van der Waals surface area contributed by atoms with Gasteiger partial charge in [-0.25, -0.2) is 9.18 Å². The highest BCUT2D eigenvalue weighted by Gasteiger charge is 2.14. The van der Waals surface area contributed by atoms with Gasteiger partial charge in [-0.05, 0) is 80.1 Å². The number of rotatable bonds is 8. The first kappa shape index (κ1) is 23.0. The van der Waals surface area contributed by atoms with Gasteiger partial charge in [0.05, 0.1) is 11.6 Å². The van der Waals surface area contributed by atoms with Gasteiger partial charge in [0, 0.05) is 18.2 Å². The van der Waals surface area contributed by atoms with Gasteiger partial charge < -0.3 is 15.5 Å². The summed E-state index contributed by atoms with van der Waals surface area (Å²) in [7, 11) is 4.05. The standard InChI is InChI=1S/C26H27FN4O/c1-31(2)15-14-23(18-29-26(32)30-25-12-10-24(27)11-13-25)21-8-6-20(7-9-21)22-5-3-4-19(16-22)17-28/h3-13,16,23H,14-15,18H2,1-2H3,(H2,29,30,32). The van der Waals surface area contributed by atoms with Crippen LogP contribution in [0.2, 0.25) is 0 Å². The molecule has 1 atom stereocenters. The first-order valence-electron chi connectivity index (χ1n) is 10.5. The van der Waals surface area contributed by atoms with E-state index in [0.717, 1.165) is 29.7 Å². The zero-order valence-corrected chi connectivity index (χ0v) is 18.3. The zero-order valence-electron chi connectivity index (χ0n) is 18.3. The highest BCUT2D eigenvalue weighted by Crippen LogP contribution is 2.25. The van der Waals surface area contributed by atoms with Crippen LogP contribution in [0.3, 0.4) is 0 Å². The van der Waals surface area contributed by atoms with Crippen molar-refractivity contribution in [2.75, 3.05) is 32.5 Å². The Hall–Kier alpha value is -3.69. The van der Waals surface area contributed by atoms with Crippen molar-refractivity contribution in [1.82, 2.24) is 10.2 Å². The van der Waals surface area contributed by atoms with Crippen molar-refractivity contribution in [1.29, 1.82) is 5.26 Å². The van der Waals surface area contributed by atoms with E-state index in [0.29, 0.717) is 17.8 Å². The summed E-state index contributed by atoms with van der Waals surface area (Å²) < 4.78 is 13.0. The lowest BCUT2D eigenvalue weighted by Gasteiger charge is -2.21. The van der Waals surface area contributed by atoms with Crippen molar-refractivity contribution in [3.8, 4) is 17.2 Å². The van der Waals surface area contributed by atoms with E-state index in [-0.39, 0.29) is 17.8 Å². The summed E-state index contributed by atoms with van der Waals surface area (Å²) in [5, 5.41) is 14.8. The molecule has 0 aliphatic carbocycles. The molecule has 0 heterocycles. The molecule has 0 fully saturated rings. The molecular formula is C26H27FN4O. The quantitative estimate of drug-likeness (QED) is 0.515. The fraction of sp³-hybridized carbons (Fsp3) is 0.231. The van der Waals surface area contributed by atoms with E-state index >= 15 is 0 Å². The van der Waals surface area contributed by atoms with Gasteiger partial charge in [0.25, 0.3) is 0 Å². The van der Waals surface area contributed by atoms with E-state index in [9.17, 15) is 9.18 Å². The van der Waals surface area contributed by atoms with Gasteiger partial charge in [-0.1, -0.05) is 36.4 Å². The fourth-order valence-electron chi connectivity index (χ4n) is 3.44. The molecular weight excluding hydrogens is 403 g/mol. The first-order chi connectivity index (χ1) is 15.4. The Bertz CT molecular complexity index is 1070. The largest absolute Gasteiger partial charge is 0.337 e. The minimum absolute atomic E-state index is 0.135. The van der Waals surface area contributed by atoms with Crippen LogP contribution in [0.5, 0.6) is 0 Å². The average molecular weight is 431 g/mol. The van der Waals surface area contributed by atoms with Crippen molar-refractivity contribution >= 4 is 11.7 Å². The Morgan fingerprint density at radius 1 is 1.03 bits per heavy atom. The van der Waals surface area contributed by atoms with Crippen LogP contribution in [0.15, 0.2) is 72.8 Å². The molecule has 2 amide bonds. The topological polar surface area (TPSA) is 68.2 Å². The Morgan fingerprint density at radius 2 is 1.75 bits per heavy atom. The third-order valence-electron chi connectivity index (χ3n) is 5.24. The second kappa shape index (κ2) is 11.1. The van der Waals surface area contributed by atoms with Gasteiger partial charge >= 0.3 is 6.03 Å². The molecule has 0 aliphatic heterocycles. The molecule has 32 heavy (non-hydrogen) atoms. The van der Waals surface area contributed by atoms with Gasteiger partial charge in [-0.2, -0.15) is 5.26 Å². The van der Waals surface area contributed by atoms with Crippen molar-refractivity contribution < 1.29 is 9.18 Å². The Kier molecular flexibility index (Phi) is 7.96. The predicted molar refractivity (Wildman–Crippen MR) is 126 cm³/mol. The molecule has 0 saturated heterocycles. The van der Waals surface area contributed by atoms with Crippen molar-refractivity contribution in [3.63, 3.8) is 0 Å². The van der Waals surface area contributed by atoms with Gasteiger partial charge in [-0.3, -0.25) is 0 Å². The summed E-state index contributed by atoms with van der Waals surface area (Å²) >= 11 is 0. The molecule has 0 aliphatic rings. The minimum Gasteiger partial charge on any atom is -0.337 e. The third kappa shape index (κ3) is 6.66. The molecule has 164 valence electrons. The van der Waals surface area contributed by atoms with Crippen molar-refractivity contribution in [2.24, 2.45) is 0 Å². The Labute approximate surface area is 188 Å². The predicted octanol–water partition coefficient (Wildman–Crippen LogP) is 5.22. The number of nitriles is 1. The van der Waals surface area contributed by atoms with E-state index in [2.05, 4.69) is 33.7 Å². The maximum Gasteiger partial charge on any atom is 0.319 e.